The van der Waals surface area contributed by atoms with Gasteiger partial charge in [0.15, 0.2) is 0 Å². The Morgan fingerprint density at radius 3 is 2.68 bits per heavy atom. The van der Waals surface area contributed by atoms with E-state index in [4.69, 9.17) is 21.1 Å². The van der Waals surface area contributed by atoms with Crippen molar-refractivity contribution in [1.82, 2.24) is 9.88 Å². The maximum Gasteiger partial charge on any atom is 0.223 e. The molecular formula is C22H23ClN2O3. The molecule has 0 spiro atoms. The molecule has 4 rings (SSSR count). The number of nitrogens with one attached hydrogen (secondary N) is 1. The van der Waals surface area contributed by atoms with Crippen LogP contribution in [0.2, 0.25) is 5.02 Å². The van der Waals surface area contributed by atoms with Crippen molar-refractivity contribution < 1.29 is 14.3 Å². The number of amides is 1. The third-order valence-electron chi connectivity index (χ3n) is 5.31. The molecule has 0 radical (unpaired) electrons. The number of halogens is 1. The number of nitrogens with zero attached hydrogens (tertiary/aromatic N) is 1. The molecule has 0 unspecified atom stereocenters. The minimum Gasteiger partial charge on any atom is -0.497 e. The number of methoxy groups -OCH3 is 1. The van der Waals surface area contributed by atoms with Crippen molar-refractivity contribution in [2.24, 2.45) is 0 Å². The van der Waals surface area contributed by atoms with Crippen molar-refractivity contribution in [1.29, 1.82) is 0 Å². The van der Waals surface area contributed by atoms with Crippen LogP contribution < -0.4 is 4.74 Å². The molecule has 1 atom stereocenters. The van der Waals surface area contributed by atoms with Crippen LogP contribution in [0.15, 0.2) is 48.7 Å². The van der Waals surface area contributed by atoms with Crippen LogP contribution in [0, 0.1) is 0 Å². The third kappa shape index (κ3) is 3.86. The van der Waals surface area contributed by atoms with Crippen molar-refractivity contribution in [3.8, 4) is 5.75 Å². The van der Waals surface area contributed by atoms with E-state index < -0.39 is 0 Å². The molecule has 0 bridgehead atoms. The molecule has 6 heteroatoms. The minimum absolute atomic E-state index is 0.0755. The molecule has 2 heterocycles. The van der Waals surface area contributed by atoms with Gasteiger partial charge in [0.25, 0.3) is 0 Å². The molecule has 5 nitrogen and oxygen atoms in total. The summed E-state index contributed by atoms with van der Waals surface area (Å²) in [6.07, 6.45) is 2.39. The number of morpholine rings is 1. The van der Waals surface area contributed by atoms with E-state index in [-0.39, 0.29) is 11.8 Å². The molecular weight excluding hydrogens is 376 g/mol. The molecule has 28 heavy (non-hydrogen) atoms. The van der Waals surface area contributed by atoms with Crippen molar-refractivity contribution >= 4 is 28.4 Å². The topological polar surface area (TPSA) is 54.6 Å². The Morgan fingerprint density at radius 1 is 1.21 bits per heavy atom. The summed E-state index contributed by atoms with van der Waals surface area (Å²) in [5.41, 5.74) is 3.17. The fourth-order valence-electron chi connectivity index (χ4n) is 3.76. The van der Waals surface area contributed by atoms with Crippen LogP contribution in [0.1, 0.15) is 23.5 Å². The van der Waals surface area contributed by atoms with Crippen LogP contribution >= 0.6 is 11.6 Å². The van der Waals surface area contributed by atoms with E-state index in [0.29, 0.717) is 37.7 Å². The van der Waals surface area contributed by atoms with E-state index >= 15 is 0 Å². The molecule has 1 fully saturated rings. The van der Waals surface area contributed by atoms with E-state index in [1.54, 1.807) is 7.11 Å². The van der Waals surface area contributed by atoms with Crippen molar-refractivity contribution in [3.63, 3.8) is 0 Å². The Kier molecular flexibility index (Phi) is 5.55. The van der Waals surface area contributed by atoms with Gasteiger partial charge in [0, 0.05) is 47.6 Å². The Bertz CT molecular complexity index is 962. The summed E-state index contributed by atoms with van der Waals surface area (Å²) in [4.78, 5) is 18.2. The van der Waals surface area contributed by atoms with Crippen molar-refractivity contribution in [2.45, 2.75) is 12.3 Å². The molecule has 2 aromatic carbocycles. The molecule has 1 aliphatic rings. The van der Waals surface area contributed by atoms with Crippen molar-refractivity contribution in [2.75, 3.05) is 33.4 Å². The van der Waals surface area contributed by atoms with Crippen LogP contribution in [0.4, 0.5) is 0 Å². The van der Waals surface area contributed by atoms with Gasteiger partial charge < -0.3 is 19.4 Å². The number of aromatic nitrogens is 1. The number of hydrogen-bond acceptors (Lipinski definition) is 3. The zero-order valence-electron chi connectivity index (χ0n) is 15.8. The standard InChI is InChI=1S/C22H23ClN2O3/c1-27-17-6-7-21-19(12-17)20(14-24-21)18(15-2-4-16(23)5-3-15)13-22(26)25-8-10-28-11-9-25/h2-7,12,14,18,24H,8-11,13H2,1H3/t18-/m0/s1. The number of carbonyl (C=O) groups is 1. The monoisotopic (exact) mass is 398 g/mol. The second-order valence-corrected chi connectivity index (χ2v) is 7.39. The highest BCUT2D eigenvalue weighted by atomic mass is 35.5. The highest BCUT2D eigenvalue weighted by Gasteiger charge is 2.25. The predicted octanol–water partition coefficient (Wildman–Crippen LogP) is 4.21. The molecule has 3 aromatic rings. The maximum absolute atomic E-state index is 13.0. The maximum atomic E-state index is 13.0. The molecule has 1 N–H and O–H groups in total. The summed E-state index contributed by atoms with van der Waals surface area (Å²) in [7, 11) is 1.66. The summed E-state index contributed by atoms with van der Waals surface area (Å²) < 4.78 is 10.8. The third-order valence-corrected chi connectivity index (χ3v) is 5.56. The zero-order valence-corrected chi connectivity index (χ0v) is 16.5. The average molecular weight is 399 g/mol. The fourth-order valence-corrected chi connectivity index (χ4v) is 3.88. The summed E-state index contributed by atoms with van der Waals surface area (Å²) in [6, 6.07) is 13.7. The Labute approximate surface area is 169 Å². The first-order chi connectivity index (χ1) is 13.7. The normalized spacial score (nSPS) is 15.6. The van der Waals surface area contributed by atoms with Crippen LogP contribution in [-0.4, -0.2) is 49.2 Å². The molecule has 0 saturated carbocycles. The van der Waals surface area contributed by atoms with Crippen LogP contribution in [0.3, 0.4) is 0 Å². The highest BCUT2D eigenvalue weighted by Crippen LogP contribution is 2.35. The smallest absolute Gasteiger partial charge is 0.223 e. The van der Waals surface area contributed by atoms with E-state index in [2.05, 4.69) is 4.98 Å². The quantitative estimate of drug-likeness (QED) is 0.700. The number of ether oxygens (including phenoxy) is 2. The van der Waals surface area contributed by atoms with Gasteiger partial charge in [-0.15, -0.1) is 0 Å². The molecule has 1 saturated heterocycles. The average Bonchev–Trinajstić information content (AvgIpc) is 3.16. The summed E-state index contributed by atoms with van der Waals surface area (Å²) in [6.45, 7) is 2.49. The summed E-state index contributed by atoms with van der Waals surface area (Å²) in [5.74, 6) is 0.858. The lowest BCUT2D eigenvalue weighted by Gasteiger charge is -2.28. The summed E-state index contributed by atoms with van der Waals surface area (Å²) >= 11 is 6.09. The Morgan fingerprint density at radius 2 is 1.96 bits per heavy atom. The van der Waals surface area contributed by atoms with Gasteiger partial charge in [-0.3, -0.25) is 4.79 Å². The molecule has 1 aliphatic heterocycles. The highest BCUT2D eigenvalue weighted by molar-refractivity contribution is 6.30. The SMILES string of the molecule is COc1ccc2[nH]cc([C@@H](CC(=O)N3CCOCC3)c3ccc(Cl)cc3)c2c1. The predicted molar refractivity (Wildman–Crippen MR) is 110 cm³/mol. The van der Waals surface area contributed by atoms with Crippen LogP contribution in [-0.2, 0) is 9.53 Å². The molecule has 146 valence electrons. The second-order valence-electron chi connectivity index (χ2n) is 6.96. The fraction of sp³-hybridized carbons (Fsp3) is 0.318. The van der Waals surface area contributed by atoms with Gasteiger partial charge >= 0.3 is 0 Å². The van der Waals surface area contributed by atoms with E-state index in [1.165, 1.54) is 0 Å². The van der Waals surface area contributed by atoms with Gasteiger partial charge in [-0.05, 0) is 41.5 Å². The van der Waals surface area contributed by atoms with Gasteiger partial charge in [0.1, 0.15) is 5.75 Å². The van der Waals surface area contributed by atoms with Gasteiger partial charge in [0.05, 0.1) is 20.3 Å². The van der Waals surface area contributed by atoms with Gasteiger partial charge in [-0.25, -0.2) is 0 Å². The van der Waals surface area contributed by atoms with Gasteiger partial charge in [0.2, 0.25) is 5.91 Å². The number of fused-ring (bicyclic) bond motifs is 1. The number of benzene rings is 2. The lowest BCUT2D eigenvalue weighted by atomic mass is 9.87. The number of carbonyl (C=O) groups excluding carboxylic acids is 1. The molecule has 1 aromatic heterocycles. The number of rotatable bonds is 5. The van der Waals surface area contributed by atoms with E-state index in [0.717, 1.165) is 27.8 Å². The first kappa shape index (κ1) is 18.8. The van der Waals surface area contributed by atoms with Crippen molar-refractivity contribution in [3.05, 3.63) is 64.8 Å². The van der Waals surface area contributed by atoms with E-state index in [9.17, 15) is 4.79 Å². The second kappa shape index (κ2) is 8.25. The zero-order chi connectivity index (χ0) is 19.5. The lowest BCUT2D eigenvalue weighted by molar-refractivity contribution is -0.135. The van der Waals surface area contributed by atoms with Gasteiger partial charge in [-0.1, -0.05) is 23.7 Å². The largest absolute Gasteiger partial charge is 0.497 e. The van der Waals surface area contributed by atoms with Crippen LogP contribution in [0.5, 0.6) is 5.75 Å². The van der Waals surface area contributed by atoms with E-state index in [1.807, 2.05) is 53.6 Å². The molecule has 1 amide bonds. The lowest BCUT2D eigenvalue weighted by Crippen LogP contribution is -2.41. The first-order valence-electron chi connectivity index (χ1n) is 9.41. The number of H-pyrrole nitrogens is 1. The van der Waals surface area contributed by atoms with Crippen LogP contribution in [0.25, 0.3) is 10.9 Å². The van der Waals surface area contributed by atoms with Gasteiger partial charge in [-0.2, -0.15) is 0 Å². The Hall–Kier alpha value is -2.50. The Balaban J connectivity index is 1.72. The first-order valence-corrected chi connectivity index (χ1v) is 9.79. The molecule has 0 aliphatic carbocycles. The number of hydrogen-bond donors (Lipinski definition) is 1. The summed E-state index contributed by atoms with van der Waals surface area (Å²) in [5, 5.41) is 1.75. The minimum atomic E-state index is -0.0755. The number of aromatic amines is 1.